The molecule has 0 aliphatic rings. The largest absolute Gasteiger partial charge is 0.458 e. The highest BCUT2D eigenvalue weighted by atomic mass is 35.5. The van der Waals surface area contributed by atoms with Crippen molar-refractivity contribution < 1.29 is 9.52 Å². The number of fused-ring (bicyclic) bond motifs is 1. The number of aryl methyl sites for hydroxylation is 1. The van der Waals surface area contributed by atoms with Crippen molar-refractivity contribution in [3.05, 3.63) is 28.7 Å². The lowest BCUT2D eigenvalue weighted by molar-refractivity contribution is 0.298. The van der Waals surface area contributed by atoms with E-state index in [4.69, 9.17) is 21.1 Å². The van der Waals surface area contributed by atoms with Crippen molar-refractivity contribution in [3.63, 3.8) is 0 Å². The minimum absolute atomic E-state index is 0.0751. The molecule has 2 aromatic heterocycles. The topological polar surface area (TPSA) is 46.3 Å². The van der Waals surface area contributed by atoms with Crippen molar-refractivity contribution in [2.45, 2.75) is 13.3 Å². The zero-order chi connectivity index (χ0) is 10.1. The van der Waals surface area contributed by atoms with Crippen molar-refractivity contribution in [1.82, 2.24) is 4.98 Å². The van der Waals surface area contributed by atoms with Gasteiger partial charge in [-0.25, -0.2) is 4.98 Å². The van der Waals surface area contributed by atoms with Crippen molar-refractivity contribution in [2.24, 2.45) is 0 Å². The van der Waals surface area contributed by atoms with E-state index >= 15 is 0 Å². The molecule has 0 bridgehead atoms. The van der Waals surface area contributed by atoms with Gasteiger partial charge in [-0.05, 0) is 19.1 Å². The Hall–Kier alpha value is -1.06. The average molecular weight is 212 g/mol. The summed E-state index contributed by atoms with van der Waals surface area (Å²) in [5.74, 6) is 0.810. The maximum absolute atomic E-state index is 8.78. The highest BCUT2D eigenvalue weighted by molar-refractivity contribution is 6.33. The molecule has 0 spiro atoms. The van der Waals surface area contributed by atoms with Crippen LogP contribution in [0.3, 0.4) is 0 Å². The molecule has 0 radical (unpaired) electrons. The Labute approximate surface area is 86.3 Å². The van der Waals surface area contributed by atoms with E-state index in [2.05, 4.69) is 4.98 Å². The smallest absolute Gasteiger partial charge is 0.172 e. The van der Waals surface area contributed by atoms with Crippen LogP contribution >= 0.6 is 11.6 Å². The summed E-state index contributed by atoms with van der Waals surface area (Å²) in [6.07, 6.45) is 0.514. The van der Waals surface area contributed by atoms with Crippen LogP contribution in [0.15, 0.2) is 16.5 Å². The van der Waals surface area contributed by atoms with Crippen LogP contribution in [0.5, 0.6) is 0 Å². The first-order chi connectivity index (χ1) is 6.70. The molecular formula is C10H10ClNO2. The summed E-state index contributed by atoms with van der Waals surface area (Å²) in [4.78, 5) is 4.12. The first kappa shape index (κ1) is 9.49. The van der Waals surface area contributed by atoms with Crippen LogP contribution in [-0.2, 0) is 6.42 Å². The van der Waals surface area contributed by atoms with Crippen molar-refractivity contribution in [3.8, 4) is 0 Å². The summed E-state index contributed by atoms with van der Waals surface area (Å²) in [6.45, 7) is 1.94. The molecule has 0 aromatic carbocycles. The minimum Gasteiger partial charge on any atom is -0.458 e. The van der Waals surface area contributed by atoms with Gasteiger partial charge in [0.1, 0.15) is 5.76 Å². The molecule has 3 nitrogen and oxygen atoms in total. The summed E-state index contributed by atoms with van der Waals surface area (Å²) in [5, 5.41) is 10.1. The van der Waals surface area contributed by atoms with Crippen LogP contribution in [0.25, 0.3) is 11.0 Å². The summed E-state index contributed by atoms with van der Waals surface area (Å²) < 4.78 is 5.37. The van der Waals surface area contributed by atoms with Crippen LogP contribution in [-0.4, -0.2) is 16.7 Å². The number of hydrogen-bond acceptors (Lipinski definition) is 3. The fraction of sp³-hybridized carbons (Fsp3) is 0.300. The highest BCUT2D eigenvalue weighted by Gasteiger charge is 2.08. The number of nitrogens with zero attached hydrogens (tertiary/aromatic N) is 1. The molecule has 2 aromatic rings. The summed E-state index contributed by atoms with van der Waals surface area (Å²) in [5.41, 5.74) is 1.40. The van der Waals surface area contributed by atoms with Gasteiger partial charge in [-0.15, -0.1) is 0 Å². The van der Waals surface area contributed by atoms with Crippen LogP contribution in [0, 0.1) is 6.92 Å². The van der Waals surface area contributed by atoms with Gasteiger partial charge in [0, 0.05) is 24.1 Å². The molecule has 2 heterocycles. The summed E-state index contributed by atoms with van der Waals surface area (Å²) in [6, 6.07) is 3.79. The minimum atomic E-state index is 0.0751. The van der Waals surface area contributed by atoms with Gasteiger partial charge in [0.15, 0.2) is 10.7 Å². The molecule has 2 rings (SSSR count). The molecule has 0 fully saturated rings. The van der Waals surface area contributed by atoms with E-state index in [1.165, 1.54) is 0 Å². The third-order valence-corrected chi connectivity index (χ3v) is 2.26. The van der Waals surface area contributed by atoms with Crippen molar-refractivity contribution in [1.29, 1.82) is 0 Å². The van der Waals surface area contributed by atoms with Crippen molar-refractivity contribution in [2.75, 3.05) is 6.61 Å². The fourth-order valence-corrected chi connectivity index (χ4v) is 1.69. The Morgan fingerprint density at radius 1 is 1.50 bits per heavy atom. The maximum Gasteiger partial charge on any atom is 0.172 e. The zero-order valence-corrected chi connectivity index (χ0v) is 8.51. The number of hydrogen-bond donors (Lipinski definition) is 1. The van der Waals surface area contributed by atoms with Crippen molar-refractivity contribution >= 4 is 22.6 Å². The Kier molecular flexibility index (Phi) is 2.44. The van der Waals surface area contributed by atoms with Gasteiger partial charge in [-0.3, -0.25) is 0 Å². The summed E-state index contributed by atoms with van der Waals surface area (Å²) >= 11 is 5.92. The fourth-order valence-electron chi connectivity index (χ4n) is 1.43. The molecule has 0 saturated carbocycles. The van der Waals surface area contributed by atoms with Gasteiger partial charge < -0.3 is 9.52 Å². The SMILES string of the molecule is Cc1cc2cc(CCO)nc(Cl)c2o1. The van der Waals surface area contributed by atoms with E-state index in [1.807, 2.05) is 19.1 Å². The molecular weight excluding hydrogens is 202 g/mol. The number of aliphatic hydroxyl groups is 1. The number of pyridine rings is 1. The molecule has 0 aliphatic carbocycles. The van der Waals surface area contributed by atoms with Crippen LogP contribution < -0.4 is 0 Å². The second-order valence-electron chi connectivity index (χ2n) is 3.15. The predicted molar refractivity (Wildman–Crippen MR) is 54.5 cm³/mol. The Morgan fingerprint density at radius 3 is 3.00 bits per heavy atom. The molecule has 0 atom stereocenters. The third kappa shape index (κ3) is 1.61. The molecule has 14 heavy (non-hydrogen) atoms. The second-order valence-corrected chi connectivity index (χ2v) is 3.51. The molecule has 0 unspecified atom stereocenters. The van der Waals surface area contributed by atoms with E-state index in [9.17, 15) is 0 Å². The first-order valence-electron chi connectivity index (χ1n) is 4.37. The van der Waals surface area contributed by atoms with Gasteiger partial charge >= 0.3 is 0 Å². The predicted octanol–water partition coefficient (Wildman–Crippen LogP) is 2.32. The van der Waals surface area contributed by atoms with E-state index in [-0.39, 0.29) is 6.61 Å². The van der Waals surface area contributed by atoms with E-state index in [0.717, 1.165) is 16.8 Å². The van der Waals surface area contributed by atoms with Crippen LogP contribution in [0.4, 0.5) is 0 Å². The van der Waals surface area contributed by atoms with E-state index in [1.54, 1.807) is 0 Å². The monoisotopic (exact) mass is 211 g/mol. The lowest BCUT2D eigenvalue weighted by Gasteiger charge is -1.98. The van der Waals surface area contributed by atoms with Crippen LogP contribution in [0.1, 0.15) is 11.5 Å². The first-order valence-corrected chi connectivity index (χ1v) is 4.75. The molecule has 74 valence electrons. The van der Waals surface area contributed by atoms with Crippen LogP contribution in [0.2, 0.25) is 5.15 Å². The third-order valence-electron chi connectivity index (χ3n) is 2.00. The van der Waals surface area contributed by atoms with Gasteiger partial charge in [0.05, 0.1) is 0 Å². The second kappa shape index (κ2) is 3.59. The molecule has 0 amide bonds. The Morgan fingerprint density at radius 2 is 2.29 bits per heavy atom. The number of furan rings is 1. The van der Waals surface area contributed by atoms with Gasteiger partial charge in [0.25, 0.3) is 0 Å². The van der Waals surface area contributed by atoms with Gasteiger partial charge in [0.2, 0.25) is 0 Å². The number of aliphatic hydroxyl groups excluding tert-OH is 1. The Balaban J connectivity index is 2.59. The number of rotatable bonds is 2. The maximum atomic E-state index is 8.78. The zero-order valence-electron chi connectivity index (χ0n) is 7.75. The molecule has 0 saturated heterocycles. The highest BCUT2D eigenvalue weighted by Crippen LogP contribution is 2.25. The number of halogens is 1. The van der Waals surface area contributed by atoms with E-state index in [0.29, 0.717) is 17.2 Å². The Bertz CT molecular complexity index is 464. The normalized spacial score (nSPS) is 11.1. The summed E-state index contributed by atoms with van der Waals surface area (Å²) in [7, 11) is 0. The van der Waals surface area contributed by atoms with E-state index < -0.39 is 0 Å². The quantitative estimate of drug-likeness (QED) is 0.776. The lowest BCUT2D eigenvalue weighted by atomic mass is 10.2. The molecule has 1 N–H and O–H groups in total. The van der Waals surface area contributed by atoms with Gasteiger partial charge in [-0.1, -0.05) is 11.6 Å². The van der Waals surface area contributed by atoms with Gasteiger partial charge in [-0.2, -0.15) is 0 Å². The lowest BCUT2D eigenvalue weighted by Crippen LogP contribution is -1.94. The molecule has 4 heteroatoms. The number of aromatic nitrogens is 1. The standard InChI is InChI=1S/C10H10ClNO2/c1-6-4-7-5-8(2-3-13)12-10(11)9(7)14-6/h4-5,13H,2-3H2,1H3. The average Bonchev–Trinajstić information content (AvgIpc) is 2.47. The molecule has 0 aliphatic heterocycles.